The van der Waals surface area contributed by atoms with Gasteiger partial charge in [0.05, 0.1) is 16.8 Å². The van der Waals surface area contributed by atoms with Crippen LogP contribution in [0.3, 0.4) is 0 Å². The Kier molecular flexibility index (Phi) is 8.62. The summed E-state index contributed by atoms with van der Waals surface area (Å²) in [6.45, 7) is 0. The number of aromatic nitrogens is 2. The molecule has 0 fully saturated rings. The van der Waals surface area contributed by atoms with Gasteiger partial charge in [-0.1, -0.05) is 206 Å². The van der Waals surface area contributed by atoms with Crippen molar-refractivity contribution in [2.45, 2.75) is 5.41 Å². The molecule has 0 aliphatic heterocycles. The lowest BCUT2D eigenvalue weighted by atomic mass is 9.66. The Hall–Kier alpha value is -7.72. The van der Waals surface area contributed by atoms with Gasteiger partial charge in [-0.25, -0.2) is 9.97 Å². The van der Waals surface area contributed by atoms with Gasteiger partial charge in [0.15, 0.2) is 5.82 Å². The molecular weight excluding hydrogens is 769 g/mol. The third-order valence-corrected chi connectivity index (χ3v) is 13.8. The van der Waals surface area contributed by atoms with E-state index in [9.17, 15) is 0 Å². The fourth-order valence-electron chi connectivity index (χ4n) is 9.87. The number of rotatable bonds is 7. The van der Waals surface area contributed by atoms with Crippen LogP contribution in [0.4, 0.5) is 0 Å². The van der Waals surface area contributed by atoms with Gasteiger partial charge in [-0.15, -0.1) is 11.3 Å². The third-order valence-electron chi connectivity index (χ3n) is 12.6. The molecule has 0 unspecified atom stereocenters. The molecule has 62 heavy (non-hydrogen) atoms. The van der Waals surface area contributed by atoms with Crippen LogP contribution in [0, 0.1) is 0 Å². The SMILES string of the molecule is c1ccc(-c2nc(-c3cccc(-c4cccc5c4C(c4ccccc4)(c4ccccc4)c4ccccc4-5)c3)cc(-c3cccc(-c4cccc5c4sc4ccccc45)c3)n2)cc1. The minimum absolute atomic E-state index is 0.519. The lowest BCUT2D eigenvalue weighted by molar-refractivity contribution is 0.770. The van der Waals surface area contributed by atoms with Crippen molar-refractivity contribution in [3.63, 3.8) is 0 Å². The second-order valence-electron chi connectivity index (χ2n) is 16.0. The van der Waals surface area contributed by atoms with Gasteiger partial charge in [0.1, 0.15) is 0 Å². The highest BCUT2D eigenvalue weighted by atomic mass is 32.1. The second kappa shape index (κ2) is 14.8. The lowest BCUT2D eigenvalue weighted by Crippen LogP contribution is -2.29. The Morgan fingerprint density at radius 3 is 1.53 bits per heavy atom. The van der Waals surface area contributed by atoms with E-state index < -0.39 is 5.41 Å². The van der Waals surface area contributed by atoms with E-state index in [2.05, 4.69) is 224 Å². The number of benzene rings is 9. The highest BCUT2D eigenvalue weighted by Crippen LogP contribution is 2.58. The van der Waals surface area contributed by atoms with Crippen LogP contribution in [-0.2, 0) is 5.41 Å². The monoisotopic (exact) mass is 806 g/mol. The maximum Gasteiger partial charge on any atom is 0.160 e. The molecule has 2 heterocycles. The smallest absolute Gasteiger partial charge is 0.160 e. The predicted molar refractivity (Wildman–Crippen MR) is 259 cm³/mol. The summed E-state index contributed by atoms with van der Waals surface area (Å²) in [6, 6.07) is 83.4. The molecule has 9 aromatic carbocycles. The van der Waals surface area contributed by atoms with Gasteiger partial charge in [0, 0.05) is 36.9 Å². The maximum atomic E-state index is 5.30. The summed E-state index contributed by atoms with van der Waals surface area (Å²) in [5.41, 5.74) is 16.7. The zero-order chi connectivity index (χ0) is 41.0. The molecule has 11 aromatic rings. The van der Waals surface area contributed by atoms with E-state index in [1.54, 1.807) is 0 Å². The maximum absolute atomic E-state index is 5.30. The molecule has 1 aliphatic rings. The summed E-state index contributed by atoms with van der Waals surface area (Å²) >= 11 is 1.86. The van der Waals surface area contributed by atoms with Crippen LogP contribution in [0.1, 0.15) is 22.3 Å². The molecule has 2 aromatic heterocycles. The molecule has 0 N–H and O–H groups in total. The highest BCUT2D eigenvalue weighted by molar-refractivity contribution is 7.26. The van der Waals surface area contributed by atoms with E-state index in [1.807, 2.05) is 17.4 Å². The molecule has 2 nitrogen and oxygen atoms in total. The zero-order valence-electron chi connectivity index (χ0n) is 33.7. The first-order valence-electron chi connectivity index (χ1n) is 21.1. The van der Waals surface area contributed by atoms with Crippen molar-refractivity contribution in [2.75, 3.05) is 0 Å². The van der Waals surface area contributed by atoms with Gasteiger partial charge >= 0.3 is 0 Å². The van der Waals surface area contributed by atoms with Crippen molar-refractivity contribution in [2.24, 2.45) is 0 Å². The predicted octanol–water partition coefficient (Wildman–Crippen LogP) is 15.5. The van der Waals surface area contributed by atoms with E-state index in [0.717, 1.165) is 33.6 Å². The molecule has 290 valence electrons. The molecular formula is C59H38N2S. The van der Waals surface area contributed by atoms with E-state index >= 15 is 0 Å². The molecule has 3 heteroatoms. The van der Waals surface area contributed by atoms with Crippen LogP contribution in [0.5, 0.6) is 0 Å². The summed E-state index contributed by atoms with van der Waals surface area (Å²) in [5.74, 6) is 0.698. The van der Waals surface area contributed by atoms with Crippen LogP contribution in [-0.4, -0.2) is 9.97 Å². The van der Waals surface area contributed by atoms with Crippen LogP contribution in [0.25, 0.3) is 87.5 Å². The van der Waals surface area contributed by atoms with Crippen molar-refractivity contribution >= 4 is 31.5 Å². The Bertz CT molecular complexity index is 3420. The molecule has 0 atom stereocenters. The Labute approximate surface area is 365 Å². The Balaban J connectivity index is 1.03. The standard InChI is InChI=1S/C59H38N2S/c1-4-18-39(19-5-1)58-60-53(38-54(61-58)43-23-15-21-41(37-43)47-31-17-33-51-49-29-11-13-35-55(49)62-57(47)51)42-22-14-20-40(36-42)46-30-16-32-50-48-28-10-12-34-52(48)59(56(46)50,44-24-6-2-7-25-44)45-26-8-3-9-27-45/h1-38H. The summed E-state index contributed by atoms with van der Waals surface area (Å²) in [4.78, 5) is 10.6. The van der Waals surface area contributed by atoms with E-state index in [-0.39, 0.29) is 0 Å². The number of thiophene rings is 1. The fraction of sp³-hybridized carbons (Fsp3) is 0.0169. The molecule has 0 radical (unpaired) electrons. The van der Waals surface area contributed by atoms with Gasteiger partial charge in [0.25, 0.3) is 0 Å². The summed E-state index contributed by atoms with van der Waals surface area (Å²) in [7, 11) is 0. The molecule has 0 amide bonds. The average molecular weight is 807 g/mol. The van der Waals surface area contributed by atoms with E-state index in [4.69, 9.17) is 9.97 Å². The Morgan fingerprint density at radius 2 is 0.823 bits per heavy atom. The number of fused-ring (bicyclic) bond motifs is 6. The molecule has 0 spiro atoms. The summed E-state index contributed by atoms with van der Waals surface area (Å²) in [6.07, 6.45) is 0. The first kappa shape index (κ1) is 36.2. The normalized spacial score (nSPS) is 12.6. The van der Waals surface area contributed by atoms with Gasteiger partial charge in [-0.05, 0) is 79.9 Å². The first-order valence-corrected chi connectivity index (χ1v) is 22.0. The van der Waals surface area contributed by atoms with Crippen LogP contribution < -0.4 is 0 Å². The summed E-state index contributed by atoms with van der Waals surface area (Å²) < 4.78 is 2.60. The average Bonchev–Trinajstić information content (AvgIpc) is 3.89. The van der Waals surface area contributed by atoms with E-state index in [1.165, 1.54) is 70.2 Å². The molecule has 12 rings (SSSR count). The topological polar surface area (TPSA) is 25.8 Å². The second-order valence-corrected chi connectivity index (χ2v) is 17.1. The first-order chi connectivity index (χ1) is 30.7. The van der Waals surface area contributed by atoms with Crippen LogP contribution >= 0.6 is 11.3 Å². The van der Waals surface area contributed by atoms with Crippen molar-refractivity contribution in [1.29, 1.82) is 0 Å². The quantitative estimate of drug-likeness (QED) is 0.160. The van der Waals surface area contributed by atoms with Crippen LogP contribution in [0.2, 0.25) is 0 Å². The number of hydrogen-bond acceptors (Lipinski definition) is 3. The number of hydrogen-bond donors (Lipinski definition) is 0. The zero-order valence-corrected chi connectivity index (χ0v) is 34.6. The third kappa shape index (κ3) is 5.78. The summed E-state index contributed by atoms with van der Waals surface area (Å²) in [5, 5.41) is 2.60. The minimum atomic E-state index is -0.519. The number of nitrogens with zero attached hydrogens (tertiary/aromatic N) is 2. The lowest BCUT2D eigenvalue weighted by Gasteiger charge is -2.35. The van der Waals surface area contributed by atoms with Crippen molar-refractivity contribution in [3.05, 3.63) is 253 Å². The molecule has 0 saturated carbocycles. The molecule has 1 aliphatic carbocycles. The van der Waals surface area contributed by atoms with Gasteiger partial charge < -0.3 is 0 Å². The minimum Gasteiger partial charge on any atom is -0.228 e. The van der Waals surface area contributed by atoms with Gasteiger partial charge in [0.2, 0.25) is 0 Å². The van der Waals surface area contributed by atoms with Gasteiger partial charge in [-0.3, -0.25) is 0 Å². The van der Waals surface area contributed by atoms with E-state index in [0.29, 0.717) is 5.82 Å². The highest BCUT2D eigenvalue weighted by Gasteiger charge is 2.47. The van der Waals surface area contributed by atoms with Crippen molar-refractivity contribution in [3.8, 4) is 67.3 Å². The van der Waals surface area contributed by atoms with Crippen molar-refractivity contribution < 1.29 is 0 Å². The largest absolute Gasteiger partial charge is 0.228 e. The molecule has 0 bridgehead atoms. The molecule has 0 saturated heterocycles. The van der Waals surface area contributed by atoms with Gasteiger partial charge in [-0.2, -0.15) is 0 Å². The Morgan fingerprint density at radius 1 is 0.339 bits per heavy atom. The van der Waals surface area contributed by atoms with Crippen molar-refractivity contribution in [1.82, 2.24) is 9.97 Å². The fourth-order valence-corrected chi connectivity index (χ4v) is 11.1. The van der Waals surface area contributed by atoms with Crippen LogP contribution in [0.15, 0.2) is 231 Å².